The van der Waals surface area contributed by atoms with Gasteiger partial charge in [0, 0.05) is 25.7 Å². The van der Waals surface area contributed by atoms with Crippen molar-refractivity contribution in [2.45, 2.75) is 13.5 Å². The molecule has 0 radical (unpaired) electrons. The monoisotopic (exact) mass is 222 g/mol. The summed E-state index contributed by atoms with van der Waals surface area (Å²) in [5.74, 6) is 0.773. The van der Waals surface area contributed by atoms with Gasteiger partial charge in [-0.25, -0.2) is 0 Å². The van der Waals surface area contributed by atoms with Crippen LogP contribution in [0, 0.1) is 11.8 Å². The topological polar surface area (TPSA) is 45.5 Å². The maximum Gasteiger partial charge on any atom is 0.227 e. The lowest BCUT2D eigenvalue weighted by molar-refractivity contribution is -0.135. The summed E-state index contributed by atoms with van der Waals surface area (Å²) in [6, 6.07) is 1.89. The van der Waals surface area contributed by atoms with Gasteiger partial charge in [-0.1, -0.05) is 6.92 Å². The largest absolute Gasteiger partial charge is 0.472 e. The molecule has 16 heavy (non-hydrogen) atoms. The van der Waals surface area contributed by atoms with E-state index in [0.717, 1.165) is 18.7 Å². The minimum Gasteiger partial charge on any atom is -0.472 e. The first kappa shape index (κ1) is 11.2. The molecule has 1 aromatic heterocycles. The molecule has 2 heterocycles. The maximum atomic E-state index is 12.1. The molecule has 4 nitrogen and oxygen atoms in total. The molecule has 0 spiro atoms. The number of rotatable bonds is 3. The predicted molar refractivity (Wildman–Crippen MR) is 60.7 cm³/mol. The average Bonchev–Trinajstić information content (AvgIpc) is 2.88. The molecule has 2 atom stereocenters. The van der Waals surface area contributed by atoms with Gasteiger partial charge in [0.15, 0.2) is 0 Å². The summed E-state index contributed by atoms with van der Waals surface area (Å²) in [4.78, 5) is 13.9. The molecule has 0 saturated carbocycles. The van der Waals surface area contributed by atoms with E-state index in [1.54, 1.807) is 17.4 Å². The highest BCUT2D eigenvalue weighted by Gasteiger charge is 2.31. The number of hydrogen-bond donors (Lipinski definition) is 1. The van der Waals surface area contributed by atoms with Crippen LogP contribution in [0.4, 0.5) is 0 Å². The van der Waals surface area contributed by atoms with Crippen LogP contribution >= 0.6 is 0 Å². The van der Waals surface area contributed by atoms with Crippen molar-refractivity contribution in [3.63, 3.8) is 0 Å². The zero-order chi connectivity index (χ0) is 11.5. The van der Waals surface area contributed by atoms with Crippen molar-refractivity contribution in [1.82, 2.24) is 10.2 Å². The Morgan fingerprint density at radius 1 is 1.62 bits per heavy atom. The molecule has 0 aliphatic carbocycles. The molecule has 1 amide bonds. The fourth-order valence-electron chi connectivity index (χ4n) is 2.16. The van der Waals surface area contributed by atoms with E-state index in [1.165, 1.54) is 0 Å². The van der Waals surface area contributed by atoms with Crippen molar-refractivity contribution in [1.29, 1.82) is 0 Å². The standard InChI is InChI=1S/C12H18N2O2/c1-9-5-13-6-11(9)12(15)14(2)7-10-3-4-16-8-10/h3-4,8-9,11,13H,5-7H2,1-2H3/t9-,11-/m1/s1. The maximum absolute atomic E-state index is 12.1. The highest BCUT2D eigenvalue weighted by Crippen LogP contribution is 2.19. The number of amides is 1. The van der Waals surface area contributed by atoms with Crippen LogP contribution in [0.1, 0.15) is 12.5 Å². The highest BCUT2D eigenvalue weighted by molar-refractivity contribution is 5.79. The Labute approximate surface area is 95.6 Å². The van der Waals surface area contributed by atoms with Crippen LogP contribution in [0.2, 0.25) is 0 Å². The lowest BCUT2D eigenvalue weighted by Gasteiger charge is -2.22. The molecule has 1 aliphatic heterocycles. The van der Waals surface area contributed by atoms with Crippen molar-refractivity contribution in [3.05, 3.63) is 24.2 Å². The predicted octanol–water partition coefficient (Wildman–Crippen LogP) is 1.09. The van der Waals surface area contributed by atoms with Gasteiger partial charge in [-0.05, 0) is 18.5 Å². The molecule has 88 valence electrons. The molecule has 4 heteroatoms. The molecule has 1 aromatic rings. The molecule has 1 N–H and O–H groups in total. The van der Waals surface area contributed by atoms with Crippen LogP contribution in [0.3, 0.4) is 0 Å². The third-order valence-corrected chi connectivity index (χ3v) is 3.21. The van der Waals surface area contributed by atoms with E-state index in [0.29, 0.717) is 12.5 Å². The van der Waals surface area contributed by atoms with Gasteiger partial charge >= 0.3 is 0 Å². The highest BCUT2D eigenvalue weighted by atomic mass is 16.3. The number of furan rings is 1. The summed E-state index contributed by atoms with van der Waals surface area (Å²) in [6.45, 7) is 4.48. The van der Waals surface area contributed by atoms with E-state index in [-0.39, 0.29) is 11.8 Å². The normalized spacial score (nSPS) is 24.6. The minimum absolute atomic E-state index is 0.122. The average molecular weight is 222 g/mol. The fraction of sp³-hybridized carbons (Fsp3) is 0.583. The van der Waals surface area contributed by atoms with Gasteiger partial charge in [0.25, 0.3) is 0 Å². The molecule has 1 aliphatic rings. The Morgan fingerprint density at radius 2 is 2.44 bits per heavy atom. The Kier molecular flexibility index (Phi) is 3.29. The van der Waals surface area contributed by atoms with Crippen molar-refractivity contribution >= 4 is 5.91 Å². The Hall–Kier alpha value is -1.29. The Bertz CT molecular complexity index is 348. The first-order chi connectivity index (χ1) is 7.68. The van der Waals surface area contributed by atoms with Crippen molar-refractivity contribution in [2.24, 2.45) is 11.8 Å². The van der Waals surface area contributed by atoms with Gasteiger partial charge in [0.2, 0.25) is 5.91 Å². The molecular formula is C12H18N2O2. The molecule has 2 rings (SSSR count). The van der Waals surface area contributed by atoms with Gasteiger partial charge in [-0.3, -0.25) is 4.79 Å². The first-order valence-corrected chi connectivity index (χ1v) is 5.65. The van der Waals surface area contributed by atoms with Crippen LogP contribution in [0.25, 0.3) is 0 Å². The lowest BCUT2D eigenvalue weighted by Crippen LogP contribution is -2.35. The zero-order valence-corrected chi connectivity index (χ0v) is 9.77. The quantitative estimate of drug-likeness (QED) is 0.832. The second kappa shape index (κ2) is 4.70. The summed E-state index contributed by atoms with van der Waals surface area (Å²) < 4.78 is 4.99. The number of nitrogens with one attached hydrogen (secondary N) is 1. The molecule has 0 unspecified atom stereocenters. The van der Waals surface area contributed by atoms with Crippen molar-refractivity contribution < 1.29 is 9.21 Å². The van der Waals surface area contributed by atoms with Gasteiger partial charge in [-0.15, -0.1) is 0 Å². The Morgan fingerprint density at radius 3 is 3.00 bits per heavy atom. The summed E-state index contributed by atoms with van der Waals surface area (Å²) >= 11 is 0. The molecule has 1 saturated heterocycles. The Balaban J connectivity index is 1.94. The molecule has 0 bridgehead atoms. The smallest absolute Gasteiger partial charge is 0.227 e. The summed E-state index contributed by atoms with van der Waals surface area (Å²) in [5.41, 5.74) is 1.04. The summed E-state index contributed by atoms with van der Waals surface area (Å²) in [6.07, 6.45) is 3.31. The first-order valence-electron chi connectivity index (χ1n) is 5.65. The van der Waals surface area contributed by atoms with Gasteiger partial charge < -0.3 is 14.6 Å². The number of carbonyl (C=O) groups is 1. The third-order valence-electron chi connectivity index (χ3n) is 3.21. The van der Waals surface area contributed by atoms with E-state index in [1.807, 2.05) is 13.1 Å². The van der Waals surface area contributed by atoms with E-state index >= 15 is 0 Å². The zero-order valence-electron chi connectivity index (χ0n) is 9.77. The van der Waals surface area contributed by atoms with E-state index in [2.05, 4.69) is 12.2 Å². The summed E-state index contributed by atoms with van der Waals surface area (Å²) in [5, 5.41) is 3.25. The van der Waals surface area contributed by atoms with Gasteiger partial charge in [-0.2, -0.15) is 0 Å². The SMILES string of the molecule is C[C@@H]1CNC[C@H]1C(=O)N(C)Cc1ccoc1. The second-order valence-electron chi connectivity index (χ2n) is 4.57. The molecule has 0 aromatic carbocycles. The van der Waals surface area contributed by atoms with Crippen molar-refractivity contribution in [3.8, 4) is 0 Å². The minimum atomic E-state index is 0.122. The van der Waals surface area contributed by atoms with Crippen LogP contribution in [-0.2, 0) is 11.3 Å². The van der Waals surface area contributed by atoms with Crippen LogP contribution in [-0.4, -0.2) is 30.9 Å². The number of hydrogen-bond acceptors (Lipinski definition) is 3. The fourth-order valence-corrected chi connectivity index (χ4v) is 2.16. The molecular weight excluding hydrogens is 204 g/mol. The van der Waals surface area contributed by atoms with Crippen LogP contribution in [0.15, 0.2) is 23.0 Å². The molecule has 1 fully saturated rings. The van der Waals surface area contributed by atoms with Gasteiger partial charge in [0.1, 0.15) is 0 Å². The van der Waals surface area contributed by atoms with E-state index in [9.17, 15) is 4.79 Å². The summed E-state index contributed by atoms with van der Waals surface area (Å²) in [7, 11) is 1.85. The lowest BCUT2D eigenvalue weighted by atomic mass is 9.97. The van der Waals surface area contributed by atoms with E-state index < -0.39 is 0 Å². The third kappa shape index (κ3) is 2.27. The van der Waals surface area contributed by atoms with Crippen molar-refractivity contribution in [2.75, 3.05) is 20.1 Å². The van der Waals surface area contributed by atoms with Crippen LogP contribution in [0.5, 0.6) is 0 Å². The van der Waals surface area contributed by atoms with Crippen LogP contribution < -0.4 is 5.32 Å². The van der Waals surface area contributed by atoms with Gasteiger partial charge in [0.05, 0.1) is 18.4 Å². The number of nitrogens with zero attached hydrogens (tertiary/aromatic N) is 1. The number of carbonyl (C=O) groups excluding carboxylic acids is 1. The second-order valence-corrected chi connectivity index (χ2v) is 4.57. The van der Waals surface area contributed by atoms with E-state index in [4.69, 9.17) is 4.42 Å².